The molecule has 3 fully saturated rings. The number of primary amides is 1. The molecule has 137 valence electrons. The third-order valence-electron chi connectivity index (χ3n) is 5.14. The first-order chi connectivity index (χ1) is 12.6. The third kappa shape index (κ3) is 2.70. The average molecular weight is 357 g/mol. The largest absolute Gasteiger partial charge is 0.370 e. The van der Waals surface area contributed by atoms with E-state index in [1.54, 1.807) is 34.1 Å². The summed E-state index contributed by atoms with van der Waals surface area (Å²) in [4.78, 5) is 41.7. The third-order valence-corrected chi connectivity index (χ3v) is 5.14. The molecule has 26 heavy (non-hydrogen) atoms. The zero-order valence-electron chi connectivity index (χ0n) is 14.3. The van der Waals surface area contributed by atoms with Crippen LogP contribution in [0.1, 0.15) is 12.8 Å². The fraction of sp³-hybridized carbons (Fsp3) is 0.444. The zero-order valence-corrected chi connectivity index (χ0v) is 14.3. The van der Waals surface area contributed by atoms with E-state index in [9.17, 15) is 14.4 Å². The van der Waals surface area contributed by atoms with Crippen LogP contribution in [0.15, 0.2) is 24.3 Å². The van der Waals surface area contributed by atoms with Gasteiger partial charge in [0.05, 0.1) is 12.6 Å². The summed E-state index contributed by atoms with van der Waals surface area (Å²) >= 11 is 0. The molecule has 1 aromatic rings. The lowest BCUT2D eigenvalue weighted by Crippen LogP contribution is -2.48. The maximum atomic E-state index is 12.8. The molecule has 1 aromatic carbocycles. The normalized spacial score (nSPS) is 26.2. The maximum absolute atomic E-state index is 12.8. The molecule has 1 unspecified atom stereocenters. The van der Waals surface area contributed by atoms with Crippen LogP contribution in [-0.4, -0.2) is 61.1 Å². The number of rotatable bonds is 3. The van der Waals surface area contributed by atoms with Gasteiger partial charge in [-0.25, -0.2) is 4.79 Å². The van der Waals surface area contributed by atoms with Gasteiger partial charge in [0.2, 0.25) is 5.91 Å². The minimum Gasteiger partial charge on any atom is -0.370 e. The van der Waals surface area contributed by atoms with Crippen molar-refractivity contribution in [2.45, 2.75) is 24.9 Å². The van der Waals surface area contributed by atoms with Crippen LogP contribution >= 0.6 is 0 Å². The average Bonchev–Trinajstić information content (AvgIpc) is 2.96. The molecule has 2 atom stereocenters. The molecular formula is C18H21N4O4. The van der Waals surface area contributed by atoms with Gasteiger partial charge in [0.25, 0.3) is 5.91 Å². The molecule has 0 aliphatic carbocycles. The van der Waals surface area contributed by atoms with Crippen LogP contribution in [0.3, 0.4) is 0 Å². The number of carbonyl (C=O) groups is 3. The summed E-state index contributed by atoms with van der Waals surface area (Å²) in [5.41, 5.74) is 6.96. The Balaban J connectivity index is 1.62. The molecule has 4 rings (SSSR count). The van der Waals surface area contributed by atoms with Crippen molar-refractivity contribution >= 4 is 29.2 Å². The minimum absolute atomic E-state index is 0.0720. The van der Waals surface area contributed by atoms with Crippen LogP contribution in [0.5, 0.6) is 0 Å². The van der Waals surface area contributed by atoms with Crippen molar-refractivity contribution in [1.82, 2.24) is 4.90 Å². The SMILES string of the molecule is NC(=O)C1[C@H]2[CH]CCCN2C(=O)N1c1ccc(N2CCOCC2=O)cc1. The molecule has 0 bridgehead atoms. The van der Waals surface area contributed by atoms with Gasteiger partial charge in [-0.2, -0.15) is 0 Å². The number of anilines is 2. The second-order valence-electron chi connectivity index (χ2n) is 6.68. The van der Waals surface area contributed by atoms with E-state index in [0.717, 1.165) is 18.5 Å². The number of benzene rings is 1. The Kier molecular flexibility index (Phi) is 4.28. The summed E-state index contributed by atoms with van der Waals surface area (Å²) in [5, 5.41) is 0. The van der Waals surface area contributed by atoms with Gasteiger partial charge in [-0.1, -0.05) is 0 Å². The Hall–Kier alpha value is -2.61. The number of hydrogen-bond acceptors (Lipinski definition) is 4. The van der Waals surface area contributed by atoms with E-state index in [4.69, 9.17) is 10.5 Å². The van der Waals surface area contributed by atoms with Gasteiger partial charge in [-0.05, 0) is 43.5 Å². The molecule has 2 N–H and O–H groups in total. The van der Waals surface area contributed by atoms with Crippen LogP contribution in [-0.2, 0) is 14.3 Å². The summed E-state index contributed by atoms with van der Waals surface area (Å²) in [6.07, 6.45) is 3.75. The van der Waals surface area contributed by atoms with Crippen molar-refractivity contribution in [3.05, 3.63) is 30.7 Å². The molecule has 3 aliphatic heterocycles. The second-order valence-corrected chi connectivity index (χ2v) is 6.68. The molecule has 1 radical (unpaired) electrons. The molecular weight excluding hydrogens is 336 g/mol. The first kappa shape index (κ1) is 16.8. The van der Waals surface area contributed by atoms with E-state index in [1.807, 2.05) is 6.42 Å². The fourth-order valence-electron chi connectivity index (χ4n) is 3.91. The molecule has 3 saturated heterocycles. The smallest absolute Gasteiger partial charge is 0.325 e. The highest BCUT2D eigenvalue weighted by atomic mass is 16.5. The maximum Gasteiger partial charge on any atom is 0.325 e. The highest BCUT2D eigenvalue weighted by Gasteiger charge is 2.50. The van der Waals surface area contributed by atoms with Crippen molar-refractivity contribution in [3.63, 3.8) is 0 Å². The minimum atomic E-state index is -0.710. The van der Waals surface area contributed by atoms with Crippen LogP contribution < -0.4 is 15.5 Å². The number of hydrogen-bond donors (Lipinski definition) is 1. The zero-order chi connectivity index (χ0) is 18.3. The second kappa shape index (κ2) is 6.60. The number of nitrogens with zero attached hydrogens (tertiary/aromatic N) is 3. The van der Waals surface area contributed by atoms with Gasteiger partial charge in [0, 0.05) is 24.5 Å². The van der Waals surface area contributed by atoms with E-state index in [2.05, 4.69) is 0 Å². The summed E-state index contributed by atoms with van der Waals surface area (Å²) in [6, 6.07) is 5.88. The number of fused-ring (bicyclic) bond motifs is 1. The number of amides is 4. The van der Waals surface area contributed by atoms with Crippen molar-refractivity contribution in [2.24, 2.45) is 5.73 Å². The Morgan fingerprint density at radius 2 is 1.85 bits per heavy atom. The molecule has 4 amide bonds. The van der Waals surface area contributed by atoms with Crippen LogP contribution in [0.4, 0.5) is 16.2 Å². The number of urea groups is 1. The monoisotopic (exact) mass is 357 g/mol. The lowest BCUT2D eigenvalue weighted by atomic mass is 9.97. The molecule has 8 nitrogen and oxygen atoms in total. The highest BCUT2D eigenvalue weighted by Crippen LogP contribution is 2.34. The Morgan fingerprint density at radius 1 is 1.12 bits per heavy atom. The summed E-state index contributed by atoms with van der Waals surface area (Å²) < 4.78 is 5.14. The van der Waals surface area contributed by atoms with Gasteiger partial charge in [-0.3, -0.25) is 14.5 Å². The number of carbonyl (C=O) groups excluding carboxylic acids is 3. The van der Waals surface area contributed by atoms with Gasteiger partial charge in [0.1, 0.15) is 12.6 Å². The molecule has 3 aliphatic rings. The van der Waals surface area contributed by atoms with E-state index in [1.165, 1.54) is 4.90 Å². The van der Waals surface area contributed by atoms with Crippen LogP contribution in [0, 0.1) is 6.42 Å². The first-order valence-corrected chi connectivity index (χ1v) is 8.78. The van der Waals surface area contributed by atoms with E-state index in [0.29, 0.717) is 25.4 Å². The van der Waals surface area contributed by atoms with Crippen molar-refractivity contribution in [3.8, 4) is 0 Å². The lowest BCUT2D eigenvalue weighted by molar-refractivity contribution is -0.125. The van der Waals surface area contributed by atoms with Gasteiger partial charge in [0.15, 0.2) is 0 Å². The predicted molar refractivity (Wildman–Crippen MR) is 94.5 cm³/mol. The number of nitrogens with two attached hydrogens (primary N) is 1. The molecule has 0 aromatic heterocycles. The Labute approximate surface area is 151 Å². The molecule has 3 heterocycles. The summed E-state index contributed by atoms with van der Waals surface area (Å²) in [7, 11) is 0. The molecule has 8 heteroatoms. The standard InChI is InChI=1S/C18H21N4O4/c19-17(24)16-14-3-1-2-8-21(14)18(25)22(16)13-6-4-12(5-7-13)20-9-10-26-11-15(20)23/h3-7,14,16H,1-2,8-11H2,(H2,19,24)/t14-,16?/m1/s1. The highest BCUT2D eigenvalue weighted by molar-refractivity contribution is 6.04. The Morgan fingerprint density at radius 3 is 2.54 bits per heavy atom. The number of piperidine rings is 1. The van der Waals surface area contributed by atoms with Crippen LogP contribution in [0.25, 0.3) is 0 Å². The number of ether oxygens (including phenoxy) is 1. The summed E-state index contributed by atoms with van der Waals surface area (Å²) in [5.74, 6) is -0.612. The quantitative estimate of drug-likeness (QED) is 0.853. The van der Waals surface area contributed by atoms with E-state index in [-0.39, 0.29) is 24.6 Å². The predicted octanol–water partition coefficient (Wildman–Crippen LogP) is 0.512. The topological polar surface area (TPSA) is 96.2 Å². The number of morpholine rings is 1. The van der Waals surface area contributed by atoms with E-state index >= 15 is 0 Å². The molecule has 0 saturated carbocycles. The summed E-state index contributed by atoms with van der Waals surface area (Å²) in [6.45, 7) is 1.69. The lowest BCUT2D eigenvalue weighted by Gasteiger charge is -2.29. The van der Waals surface area contributed by atoms with E-state index < -0.39 is 11.9 Å². The van der Waals surface area contributed by atoms with Gasteiger partial charge in [-0.15, -0.1) is 0 Å². The van der Waals surface area contributed by atoms with Gasteiger partial charge >= 0.3 is 6.03 Å². The molecule has 0 spiro atoms. The van der Waals surface area contributed by atoms with Crippen molar-refractivity contribution in [2.75, 3.05) is 36.1 Å². The van der Waals surface area contributed by atoms with Crippen LogP contribution in [0.2, 0.25) is 0 Å². The van der Waals surface area contributed by atoms with Crippen molar-refractivity contribution in [1.29, 1.82) is 0 Å². The van der Waals surface area contributed by atoms with Gasteiger partial charge < -0.3 is 20.3 Å². The fourth-order valence-corrected chi connectivity index (χ4v) is 3.91. The van der Waals surface area contributed by atoms with Crippen molar-refractivity contribution < 1.29 is 19.1 Å². The Bertz CT molecular complexity index is 735. The first-order valence-electron chi connectivity index (χ1n) is 8.78.